The van der Waals surface area contributed by atoms with Crippen molar-refractivity contribution in [2.75, 3.05) is 25.1 Å². The third-order valence-corrected chi connectivity index (χ3v) is 3.16. The van der Waals surface area contributed by atoms with E-state index in [-0.39, 0.29) is 5.56 Å². The summed E-state index contributed by atoms with van der Waals surface area (Å²) >= 11 is 0. The van der Waals surface area contributed by atoms with E-state index >= 15 is 0 Å². The van der Waals surface area contributed by atoms with Gasteiger partial charge in [-0.15, -0.1) is 0 Å². The number of hydrogen-bond donors (Lipinski definition) is 0. The van der Waals surface area contributed by atoms with E-state index in [2.05, 4.69) is 4.74 Å². The van der Waals surface area contributed by atoms with Crippen LogP contribution in [0.3, 0.4) is 0 Å². The third kappa shape index (κ3) is 2.81. The number of hydrogen-bond acceptors (Lipinski definition) is 2. The first-order chi connectivity index (χ1) is 8.72. The molecular weight excluding hydrogens is 236 g/mol. The molecule has 0 saturated carbocycles. The van der Waals surface area contributed by atoms with Crippen LogP contribution in [0.25, 0.3) is 6.08 Å². The number of halogens is 2. The normalized spacial score (nSPS) is 16.3. The first-order valence-corrected chi connectivity index (χ1v) is 6.15. The zero-order valence-corrected chi connectivity index (χ0v) is 10.5. The Balaban J connectivity index is 2.26. The minimum atomic E-state index is -0.552. The van der Waals surface area contributed by atoms with Crippen LogP contribution < -0.4 is 4.90 Å². The predicted octanol–water partition coefficient (Wildman–Crippen LogP) is 3.57. The van der Waals surface area contributed by atoms with E-state index in [9.17, 15) is 8.78 Å². The van der Waals surface area contributed by atoms with Crippen LogP contribution in [0.15, 0.2) is 18.4 Å². The number of nitrogens with zero attached hydrogens (tertiary/aromatic N) is 1. The summed E-state index contributed by atoms with van der Waals surface area (Å²) in [6, 6.07) is 2.79. The largest absolute Gasteiger partial charge is 0.504 e. The molecule has 1 aliphatic heterocycles. The van der Waals surface area contributed by atoms with Crippen molar-refractivity contribution >= 4 is 11.8 Å². The van der Waals surface area contributed by atoms with Gasteiger partial charge in [0.25, 0.3) is 0 Å². The minimum Gasteiger partial charge on any atom is -0.504 e. The Bertz CT molecular complexity index is 416. The van der Waals surface area contributed by atoms with Crippen molar-refractivity contribution in [1.29, 1.82) is 0 Å². The van der Waals surface area contributed by atoms with Crippen LogP contribution in [0, 0.1) is 11.6 Å². The van der Waals surface area contributed by atoms with E-state index in [4.69, 9.17) is 0 Å². The molecule has 1 saturated heterocycles. The van der Waals surface area contributed by atoms with Crippen LogP contribution >= 0.6 is 0 Å². The summed E-state index contributed by atoms with van der Waals surface area (Å²) in [5.41, 5.74) is 0.567. The molecule has 0 amide bonds. The van der Waals surface area contributed by atoms with Crippen LogP contribution in [0.2, 0.25) is 0 Å². The van der Waals surface area contributed by atoms with Crippen molar-refractivity contribution in [1.82, 2.24) is 0 Å². The van der Waals surface area contributed by atoms with Gasteiger partial charge >= 0.3 is 0 Å². The molecule has 0 radical (unpaired) electrons. The summed E-state index contributed by atoms with van der Waals surface area (Å²) in [5, 5.41) is 0. The molecule has 2 nitrogen and oxygen atoms in total. The van der Waals surface area contributed by atoms with Crippen LogP contribution in [-0.2, 0) is 4.74 Å². The number of piperidine rings is 1. The molecule has 0 spiro atoms. The number of anilines is 1. The highest BCUT2D eigenvalue weighted by atomic mass is 19.1. The summed E-state index contributed by atoms with van der Waals surface area (Å²) in [7, 11) is 1.44. The van der Waals surface area contributed by atoms with Gasteiger partial charge in [0.1, 0.15) is 11.6 Å². The highest BCUT2D eigenvalue weighted by Crippen LogP contribution is 2.25. The van der Waals surface area contributed by atoms with Crippen molar-refractivity contribution < 1.29 is 13.5 Å². The Hall–Kier alpha value is -1.58. The SMILES string of the molecule is COC=Cc1c(F)cc(N2CCCCC2)cc1F. The standard InChI is InChI=1S/C14H17F2NO/c1-18-8-5-12-13(15)9-11(10-14(12)16)17-6-3-2-4-7-17/h5,8-10H,2-4,6-7H2,1H3. The zero-order valence-electron chi connectivity index (χ0n) is 10.5. The van der Waals surface area contributed by atoms with Gasteiger partial charge in [-0.05, 0) is 37.5 Å². The molecule has 0 bridgehead atoms. The highest BCUT2D eigenvalue weighted by Gasteiger charge is 2.15. The molecule has 0 atom stereocenters. The van der Waals surface area contributed by atoms with Crippen LogP contribution in [0.1, 0.15) is 24.8 Å². The van der Waals surface area contributed by atoms with Gasteiger partial charge in [0.05, 0.1) is 13.4 Å². The van der Waals surface area contributed by atoms with Gasteiger partial charge in [-0.1, -0.05) is 0 Å². The zero-order chi connectivity index (χ0) is 13.0. The first kappa shape index (κ1) is 12.9. The second kappa shape index (κ2) is 5.85. The Kier molecular flexibility index (Phi) is 4.18. The smallest absolute Gasteiger partial charge is 0.135 e. The maximum atomic E-state index is 13.8. The number of benzene rings is 1. The molecule has 0 unspecified atom stereocenters. The van der Waals surface area contributed by atoms with Gasteiger partial charge in [-0.2, -0.15) is 0 Å². The predicted molar refractivity (Wildman–Crippen MR) is 68.5 cm³/mol. The van der Waals surface area contributed by atoms with Crippen LogP contribution in [-0.4, -0.2) is 20.2 Å². The Labute approximate surface area is 106 Å². The fraction of sp³-hybridized carbons (Fsp3) is 0.429. The summed E-state index contributed by atoms with van der Waals surface area (Å²) in [4.78, 5) is 2.03. The van der Waals surface area contributed by atoms with Gasteiger partial charge in [-0.3, -0.25) is 0 Å². The molecule has 1 fully saturated rings. The van der Waals surface area contributed by atoms with Gasteiger partial charge in [0.2, 0.25) is 0 Å². The van der Waals surface area contributed by atoms with Crippen molar-refractivity contribution in [3.63, 3.8) is 0 Å². The molecule has 0 aromatic heterocycles. The van der Waals surface area contributed by atoms with E-state index in [1.807, 2.05) is 4.90 Å². The fourth-order valence-electron chi connectivity index (χ4n) is 2.20. The molecule has 1 aromatic rings. The summed E-state index contributed by atoms with van der Waals surface area (Å²) in [5.74, 6) is -1.10. The van der Waals surface area contributed by atoms with E-state index in [1.54, 1.807) is 0 Å². The van der Waals surface area contributed by atoms with Gasteiger partial charge < -0.3 is 9.64 Å². The lowest BCUT2D eigenvalue weighted by atomic mass is 10.1. The molecule has 0 aliphatic carbocycles. The molecule has 4 heteroatoms. The van der Waals surface area contributed by atoms with E-state index in [0.717, 1.165) is 25.9 Å². The van der Waals surface area contributed by atoms with Crippen LogP contribution in [0.4, 0.5) is 14.5 Å². The first-order valence-electron chi connectivity index (χ1n) is 6.15. The maximum Gasteiger partial charge on any atom is 0.135 e. The molecule has 18 heavy (non-hydrogen) atoms. The molecule has 1 aromatic carbocycles. The monoisotopic (exact) mass is 253 g/mol. The van der Waals surface area contributed by atoms with E-state index in [1.165, 1.54) is 38.0 Å². The molecule has 2 rings (SSSR count). The van der Waals surface area contributed by atoms with E-state index in [0.29, 0.717) is 5.69 Å². The summed E-state index contributed by atoms with van der Waals surface area (Å²) in [6.07, 6.45) is 5.91. The number of rotatable bonds is 3. The molecule has 1 aliphatic rings. The third-order valence-electron chi connectivity index (χ3n) is 3.16. The Morgan fingerprint density at radius 2 is 1.72 bits per heavy atom. The van der Waals surface area contributed by atoms with Crippen molar-refractivity contribution in [2.45, 2.75) is 19.3 Å². The van der Waals surface area contributed by atoms with Crippen LogP contribution in [0.5, 0.6) is 0 Å². The van der Waals surface area contributed by atoms with Gasteiger partial charge in [0, 0.05) is 24.3 Å². The lowest BCUT2D eigenvalue weighted by Gasteiger charge is -2.29. The molecular formula is C14H17F2NO. The Morgan fingerprint density at radius 1 is 1.11 bits per heavy atom. The van der Waals surface area contributed by atoms with Gasteiger partial charge in [0.15, 0.2) is 0 Å². The van der Waals surface area contributed by atoms with Gasteiger partial charge in [-0.25, -0.2) is 8.78 Å². The summed E-state index contributed by atoms with van der Waals surface area (Å²) in [6.45, 7) is 1.73. The average Bonchev–Trinajstić information content (AvgIpc) is 2.39. The lowest BCUT2D eigenvalue weighted by molar-refractivity contribution is 0.341. The molecule has 1 heterocycles. The molecule has 0 N–H and O–H groups in total. The summed E-state index contributed by atoms with van der Waals surface area (Å²) < 4.78 is 32.3. The molecule has 98 valence electrons. The highest BCUT2D eigenvalue weighted by molar-refractivity contribution is 5.57. The Morgan fingerprint density at radius 3 is 2.28 bits per heavy atom. The lowest BCUT2D eigenvalue weighted by Crippen LogP contribution is -2.29. The second-order valence-electron chi connectivity index (χ2n) is 4.41. The van der Waals surface area contributed by atoms with Crippen molar-refractivity contribution in [3.8, 4) is 0 Å². The topological polar surface area (TPSA) is 12.5 Å². The minimum absolute atomic E-state index is 0.0578. The van der Waals surface area contributed by atoms with Crippen molar-refractivity contribution in [2.24, 2.45) is 0 Å². The number of methoxy groups -OCH3 is 1. The maximum absolute atomic E-state index is 13.8. The van der Waals surface area contributed by atoms with E-state index < -0.39 is 11.6 Å². The quantitative estimate of drug-likeness (QED) is 0.763. The fourth-order valence-corrected chi connectivity index (χ4v) is 2.20. The number of ether oxygens (including phenoxy) is 1. The van der Waals surface area contributed by atoms with Crippen molar-refractivity contribution in [3.05, 3.63) is 35.6 Å². The second-order valence-corrected chi connectivity index (χ2v) is 4.41. The average molecular weight is 253 g/mol.